The minimum atomic E-state index is -0.998. The first-order valence-corrected chi connectivity index (χ1v) is 5.27. The van der Waals surface area contributed by atoms with Gasteiger partial charge in [0.1, 0.15) is 0 Å². The van der Waals surface area contributed by atoms with Crippen LogP contribution in [0.2, 0.25) is 0 Å². The molecule has 1 N–H and O–H groups in total. The molecule has 1 aromatic carbocycles. The molecule has 0 atom stereocenters. The number of carboxylic acid groups (broad SMARTS) is 1. The summed E-state index contributed by atoms with van der Waals surface area (Å²) in [5.74, 6) is -0.703. The van der Waals surface area contributed by atoms with Crippen LogP contribution in [-0.4, -0.2) is 22.7 Å². The third-order valence-electron chi connectivity index (χ3n) is 1.97. The molecule has 0 saturated carbocycles. The zero-order valence-electron chi connectivity index (χ0n) is 8.52. The summed E-state index contributed by atoms with van der Waals surface area (Å²) in [7, 11) is 0. The minimum absolute atomic E-state index is 0.0104. The molecule has 16 heavy (non-hydrogen) atoms. The molecule has 4 heteroatoms. The van der Waals surface area contributed by atoms with Crippen molar-refractivity contribution < 1.29 is 14.7 Å². The zero-order chi connectivity index (χ0) is 12.0. The fraction of sp³-hybridized carbons (Fsp3) is 0.167. The number of carboxylic acids is 1. The molecule has 0 aliphatic rings. The number of halogens is 1. The topological polar surface area (TPSA) is 54.4 Å². The van der Waals surface area contributed by atoms with Gasteiger partial charge in [-0.15, -0.1) is 11.6 Å². The number of ketones is 1. The van der Waals surface area contributed by atoms with Crippen molar-refractivity contribution in [1.82, 2.24) is 0 Å². The van der Waals surface area contributed by atoms with E-state index in [-0.39, 0.29) is 5.78 Å². The van der Waals surface area contributed by atoms with Crippen LogP contribution < -0.4 is 0 Å². The predicted molar refractivity (Wildman–Crippen MR) is 62.8 cm³/mol. The van der Waals surface area contributed by atoms with E-state index in [0.29, 0.717) is 17.9 Å². The second-order valence-corrected chi connectivity index (χ2v) is 3.53. The van der Waals surface area contributed by atoms with Crippen LogP contribution in [0.1, 0.15) is 22.3 Å². The Balaban J connectivity index is 2.75. The van der Waals surface area contributed by atoms with Crippen LogP contribution in [0.3, 0.4) is 0 Å². The number of aliphatic carboxylic acids is 1. The third kappa shape index (κ3) is 3.87. The standard InChI is InChI=1S/C12H11ClO3/c13-8-7-11(14)10-4-1-9(2-5-10)3-6-12(15)16/h1-6H,7-8H2,(H,15,16). The number of carbonyl (C=O) groups is 2. The summed E-state index contributed by atoms with van der Waals surface area (Å²) >= 11 is 5.46. The van der Waals surface area contributed by atoms with Gasteiger partial charge in [0.15, 0.2) is 5.78 Å². The van der Waals surface area contributed by atoms with E-state index in [2.05, 4.69) is 0 Å². The Labute approximate surface area is 98.4 Å². The van der Waals surface area contributed by atoms with Crippen LogP contribution in [0.5, 0.6) is 0 Å². The molecule has 0 fully saturated rings. The maximum atomic E-state index is 11.4. The van der Waals surface area contributed by atoms with Gasteiger partial charge >= 0.3 is 5.97 Å². The number of benzene rings is 1. The van der Waals surface area contributed by atoms with E-state index in [1.807, 2.05) is 0 Å². The van der Waals surface area contributed by atoms with Crippen molar-refractivity contribution in [3.63, 3.8) is 0 Å². The van der Waals surface area contributed by atoms with Gasteiger partial charge in [0.05, 0.1) is 0 Å². The summed E-state index contributed by atoms with van der Waals surface area (Å²) in [4.78, 5) is 21.7. The van der Waals surface area contributed by atoms with Gasteiger partial charge in [-0.3, -0.25) is 4.79 Å². The Bertz CT molecular complexity index is 407. The summed E-state index contributed by atoms with van der Waals surface area (Å²) < 4.78 is 0. The third-order valence-corrected chi connectivity index (χ3v) is 2.16. The number of carbonyl (C=O) groups excluding carboxylic acids is 1. The SMILES string of the molecule is O=C(O)C=Cc1ccc(C(=O)CCCl)cc1. The maximum absolute atomic E-state index is 11.4. The van der Waals surface area contributed by atoms with E-state index in [0.717, 1.165) is 11.6 Å². The van der Waals surface area contributed by atoms with Crippen molar-refractivity contribution in [2.45, 2.75) is 6.42 Å². The van der Waals surface area contributed by atoms with Crippen molar-refractivity contribution in [3.8, 4) is 0 Å². The molecule has 0 aliphatic heterocycles. The molecule has 0 saturated heterocycles. The maximum Gasteiger partial charge on any atom is 0.328 e. The molecule has 0 unspecified atom stereocenters. The average molecular weight is 239 g/mol. The quantitative estimate of drug-likeness (QED) is 0.487. The van der Waals surface area contributed by atoms with Gasteiger partial charge in [-0.2, -0.15) is 0 Å². The molecular weight excluding hydrogens is 228 g/mol. The lowest BCUT2D eigenvalue weighted by atomic mass is 10.1. The minimum Gasteiger partial charge on any atom is -0.478 e. The van der Waals surface area contributed by atoms with Gasteiger partial charge in [0, 0.05) is 23.9 Å². The fourth-order valence-electron chi connectivity index (χ4n) is 1.18. The van der Waals surface area contributed by atoms with Crippen molar-refractivity contribution >= 4 is 29.4 Å². The van der Waals surface area contributed by atoms with Crippen LogP contribution in [0.15, 0.2) is 30.3 Å². The van der Waals surface area contributed by atoms with E-state index in [1.54, 1.807) is 24.3 Å². The highest BCUT2D eigenvalue weighted by molar-refractivity contribution is 6.19. The summed E-state index contributed by atoms with van der Waals surface area (Å²) in [6.45, 7) is 0. The second kappa shape index (κ2) is 6.08. The number of alkyl halides is 1. The molecule has 84 valence electrons. The lowest BCUT2D eigenvalue weighted by molar-refractivity contribution is -0.131. The van der Waals surface area contributed by atoms with Crippen LogP contribution in [-0.2, 0) is 4.79 Å². The van der Waals surface area contributed by atoms with Gasteiger partial charge in [-0.05, 0) is 11.6 Å². The summed E-state index contributed by atoms with van der Waals surface area (Å²) in [5, 5.41) is 8.43. The van der Waals surface area contributed by atoms with Gasteiger partial charge in [0.2, 0.25) is 0 Å². The van der Waals surface area contributed by atoms with E-state index < -0.39 is 5.97 Å². The lowest BCUT2D eigenvalue weighted by Gasteiger charge is -1.99. The molecule has 0 amide bonds. The Kier molecular flexibility index (Phi) is 4.73. The van der Waals surface area contributed by atoms with Crippen molar-refractivity contribution in [2.24, 2.45) is 0 Å². The second-order valence-electron chi connectivity index (χ2n) is 3.16. The van der Waals surface area contributed by atoms with Crippen LogP contribution in [0, 0.1) is 0 Å². The van der Waals surface area contributed by atoms with Crippen molar-refractivity contribution in [2.75, 3.05) is 5.88 Å². The van der Waals surface area contributed by atoms with Gasteiger partial charge in [-0.25, -0.2) is 4.79 Å². The van der Waals surface area contributed by atoms with Gasteiger partial charge in [-0.1, -0.05) is 24.3 Å². The Morgan fingerprint density at radius 2 is 1.88 bits per heavy atom. The van der Waals surface area contributed by atoms with E-state index in [1.165, 1.54) is 6.08 Å². The Morgan fingerprint density at radius 3 is 2.38 bits per heavy atom. The molecule has 1 rings (SSSR count). The van der Waals surface area contributed by atoms with Crippen molar-refractivity contribution in [3.05, 3.63) is 41.5 Å². The van der Waals surface area contributed by atoms with Gasteiger partial charge in [0.25, 0.3) is 0 Å². The van der Waals surface area contributed by atoms with Crippen molar-refractivity contribution in [1.29, 1.82) is 0 Å². The highest BCUT2D eigenvalue weighted by Crippen LogP contribution is 2.08. The van der Waals surface area contributed by atoms with E-state index >= 15 is 0 Å². The summed E-state index contributed by atoms with van der Waals surface area (Å²) in [6.07, 6.45) is 2.83. The largest absolute Gasteiger partial charge is 0.478 e. The lowest BCUT2D eigenvalue weighted by Crippen LogP contribution is -1.99. The number of rotatable bonds is 5. The predicted octanol–water partition coefficient (Wildman–Crippen LogP) is 2.60. The molecule has 0 radical (unpaired) electrons. The Hall–Kier alpha value is -1.61. The molecular formula is C12H11ClO3. The fourth-order valence-corrected chi connectivity index (χ4v) is 1.35. The first-order valence-electron chi connectivity index (χ1n) is 4.73. The molecule has 0 aliphatic carbocycles. The number of hydrogen-bond acceptors (Lipinski definition) is 2. The molecule has 0 aromatic heterocycles. The highest BCUT2D eigenvalue weighted by Gasteiger charge is 2.03. The first kappa shape index (κ1) is 12.5. The summed E-state index contributed by atoms with van der Waals surface area (Å²) in [5.41, 5.74) is 1.33. The zero-order valence-corrected chi connectivity index (χ0v) is 9.28. The molecule has 0 heterocycles. The van der Waals surface area contributed by atoms with Crippen LogP contribution in [0.4, 0.5) is 0 Å². The first-order chi connectivity index (χ1) is 7.63. The monoisotopic (exact) mass is 238 g/mol. The van der Waals surface area contributed by atoms with E-state index in [9.17, 15) is 9.59 Å². The van der Waals surface area contributed by atoms with E-state index in [4.69, 9.17) is 16.7 Å². The van der Waals surface area contributed by atoms with Gasteiger partial charge < -0.3 is 5.11 Å². The summed E-state index contributed by atoms with van der Waals surface area (Å²) in [6, 6.07) is 6.72. The molecule has 3 nitrogen and oxygen atoms in total. The normalized spacial score (nSPS) is 10.6. The smallest absolute Gasteiger partial charge is 0.328 e. The Morgan fingerprint density at radius 1 is 1.25 bits per heavy atom. The molecule has 0 spiro atoms. The van der Waals surface area contributed by atoms with Crippen LogP contribution >= 0.6 is 11.6 Å². The molecule has 0 bridgehead atoms. The number of hydrogen-bond donors (Lipinski definition) is 1. The van der Waals surface area contributed by atoms with Crippen LogP contribution in [0.25, 0.3) is 6.08 Å². The highest BCUT2D eigenvalue weighted by atomic mass is 35.5. The molecule has 1 aromatic rings. The average Bonchev–Trinajstić information content (AvgIpc) is 2.27. The number of Topliss-reactive ketones (excluding diaryl/α,β-unsaturated/α-hetero) is 1.